The predicted octanol–water partition coefficient (Wildman–Crippen LogP) is 3.55. The Balaban J connectivity index is 1.55. The number of fused-ring (bicyclic) bond motifs is 1. The Bertz CT molecular complexity index is 794. The Labute approximate surface area is 161 Å². The van der Waals surface area contributed by atoms with Crippen LogP contribution >= 0.6 is 0 Å². The summed E-state index contributed by atoms with van der Waals surface area (Å²) in [4.78, 5) is 26.8. The maximum atomic E-state index is 12.5. The zero-order valence-electron chi connectivity index (χ0n) is 16.2. The van der Waals surface area contributed by atoms with Gasteiger partial charge in [0, 0.05) is 17.1 Å². The van der Waals surface area contributed by atoms with Crippen molar-refractivity contribution < 1.29 is 9.59 Å². The molecular formula is C22H29N3O2. The number of carbonyl (C=O) groups is 2. The van der Waals surface area contributed by atoms with E-state index in [0.29, 0.717) is 0 Å². The van der Waals surface area contributed by atoms with E-state index in [1.165, 1.54) is 19.3 Å². The molecular weight excluding hydrogens is 338 g/mol. The minimum Gasteiger partial charge on any atom is -0.352 e. The van der Waals surface area contributed by atoms with Crippen LogP contribution in [0.15, 0.2) is 42.5 Å². The van der Waals surface area contributed by atoms with Crippen molar-refractivity contribution in [2.45, 2.75) is 51.1 Å². The van der Waals surface area contributed by atoms with E-state index in [-0.39, 0.29) is 30.4 Å². The molecule has 2 aromatic carbocycles. The molecule has 0 spiro atoms. The van der Waals surface area contributed by atoms with Gasteiger partial charge in [-0.05, 0) is 38.3 Å². The smallest absolute Gasteiger partial charge is 0.238 e. The summed E-state index contributed by atoms with van der Waals surface area (Å²) >= 11 is 0. The number of nitrogens with one attached hydrogen (secondary N) is 2. The molecule has 2 aromatic rings. The number of hydrogen-bond donors (Lipinski definition) is 2. The Morgan fingerprint density at radius 2 is 1.78 bits per heavy atom. The lowest BCUT2D eigenvalue weighted by molar-refractivity contribution is -0.127. The van der Waals surface area contributed by atoms with E-state index in [0.717, 1.165) is 29.3 Å². The Kier molecular flexibility index (Phi) is 6.45. The van der Waals surface area contributed by atoms with Crippen molar-refractivity contribution in [3.8, 4) is 0 Å². The molecule has 5 heteroatoms. The second kappa shape index (κ2) is 9.00. The molecule has 0 radical (unpaired) electrons. The maximum absolute atomic E-state index is 12.5. The largest absolute Gasteiger partial charge is 0.352 e. The lowest BCUT2D eigenvalue weighted by Gasteiger charge is -2.28. The van der Waals surface area contributed by atoms with Crippen molar-refractivity contribution in [1.29, 1.82) is 0 Å². The van der Waals surface area contributed by atoms with Gasteiger partial charge in [0.15, 0.2) is 0 Å². The van der Waals surface area contributed by atoms with E-state index in [2.05, 4.69) is 10.6 Å². The number of likely N-dealkylation sites (N-methyl/N-ethyl adjacent to an activating group) is 1. The zero-order valence-corrected chi connectivity index (χ0v) is 16.2. The molecule has 1 aliphatic rings. The molecule has 1 aliphatic carbocycles. The SMILES string of the molecule is C[C@@H](C(=O)NC1CCCCC1)N(C)CC(=O)Nc1cccc2ccccc12. The van der Waals surface area contributed by atoms with Crippen LogP contribution in [-0.2, 0) is 9.59 Å². The highest BCUT2D eigenvalue weighted by molar-refractivity contribution is 6.02. The van der Waals surface area contributed by atoms with Crippen molar-refractivity contribution in [3.05, 3.63) is 42.5 Å². The van der Waals surface area contributed by atoms with Gasteiger partial charge in [0.25, 0.3) is 0 Å². The summed E-state index contributed by atoms with van der Waals surface area (Å²) in [6.45, 7) is 2.02. The molecule has 1 fully saturated rings. The highest BCUT2D eigenvalue weighted by atomic mass is 16.2. The third-order valence-electron chi connectivity index (χ3n) is 5.45. The van der Waals surface area contributed by atoms with Gasteiger partial charge in [0.05, 0.1) is 12.6 Å². The van der Waals surface area contributed by atoms with Crippen molar-refractivity contribution in [2.75, 3.05) is 18.9 Å². The van der Waals surface area contributed by atoms with Crippen molar-refractivity contribution in [3.63, 3.8) is 0 Å². The van der Waals surface area contributed by atoms with Crippen LogP contribution in [0.5, 0.6) is 0 Å². The van der Waals surface area contributed by atoms with Crippen LogP contribution in [0, 0.1) is 0 Å². The minimum atomic E-state index is -0.342. The third kappa shape index (κ3) is 5.07. The number of anilines is 1. The predicted molar refractivity (Wildman–Crippen MR) is 110 cm³/mol. The fourth-order valence-corrected chi connectivity index (χ4v) is 3.66. The first-order valence-corrected chi connectivity index (χ1v) is 9.83. The fraction of sp³-hybridized carbons (Fsp3) is 0.455. The quantitative estimate of drug-likeness (QED) is 0.821. The third-order valence-corrected chi connectivity index (χ3v) is 5.45. The Morgan fingerprint density at radius 1 is 1.07 bits per heavy atom. The van der Waals surface area contributed by atoms with Crippen molar-refractivity contribution in [1.82, 2.24) is 10.2 Å². The normalized spacial score (nSPS) is 16.3. The van der Waals surface area contributed by atoms with Crippen molar-refractivity contribution >= 4 is 28.3 Å². The Hall–Kier alpha value is -2.40. The number of carbonyl (C=O) groups excluding carboxylic acids is 2. The highest BCUT2D eigenvalue weighted by Gasteiger charge is 2.23. The molecule has 0 aromatic heterocycles. The van der Waals surface area contributed by atoms with Crippen LogP contribution < -0.4 is 10.6 Å². The lowest BCUT2D eigenvalue weighted by Crippen LogP contribution is -2.49. The second-order valence-electron chi connectivity index (χ2n) is 7.51. The summed E-state index contributed by atoms with van der Waals surface area (Å²) in [7, 11) is 1.81. The first-order valence-electron chi connectivity index (χ1n) is 9.83. The molecule has 1 saturated carbocycles. The number of amides is 2. The number of benzene rings is 2. The van der Waals surface area contributed by atoms with Crippen LogP contribution in [0.1, 0.15) is 39.0 Å². The molecule has 144 valence electrons. The summed E-state index contributed by atoms with van der Waals surface area (Å²) in [5, 5.41) is 8.21. The van der Waals surface area contributed by atoms with Crippen LogP contribution in [0.4, 0.5) is 5.69 Å². The Morgan fingerprint density at radius 3 is 2.56 bits per heavy atom. The van der Waals surface area contributed by atoms with Gasteiger partial charge < -0.3 is 10.6 Å². The standard InChI is InChI=1S/C22H29N3O2/c1-16(22(27)23-18-11-4-3-5-12-18)25(2)15-21(26)24-20-14-8-10-17-9-6-7-13-19(17)20/h6-10,13-14,16,18H,3-5,11-12,15H2,1-2H3,(H,23,27)(H,24,26)/t16-/m0/s1. The molecule has 2 N–H and O–H groups in total. The van der Waals surface area contributed by atoms with Gasteiger partial charge in [-0.1, -0.05) is 55.7 Å². The van der Waals surface area contributed by atoms with E-state index < -0.39 is 0 Å². The van der Waals surface area contributed by atoms with Gasteiger partial charge in [0.1, 0.15) is 0 Å². The molecule has 27 heavy (non-hydrogen) atoms. The van der Waals surface area contributed by atoms with Gasteiger partial charge in [-0.3, -0.25) is 14.5 Å². The molecule has 0 unspecified atom stereocenters. The number of nitrogens with zero attached hydrogens (tertiary/aromatic N) is 1. The van der Waals surface area contributed by atoms with Gasteiger partial charge in [0.2, 0.25) is 11.8 Å². The van der Waals surface area contributed by atoms with E-state index in [9.17, 15) is 9.59 Å². The van der Waals surface area contributed by atoms with Gasteiger partial charge in [-0.15, -0.1) is 0 Å². The molecule has 3 rings (SSSR count). The molecule has 0 bridgehead atoms. The average molecular weight is 367 g/mol. The molecule has 0 heterocycles. The van der Waals surface area contributed by atoms with Gasteiger partial charge in [-0.25, -0.2) is 0 Å². The molecule has 0 aliphatic heterocycles. The van der Waals surface area contributed by atoms with Crippen LogP contribution in [-0.4, -0.2) is 42.4 Å². The van der Waals surface area contributed by atoms with Gasteiger partial charge >= 0.3 is 0 Å². The molecule has 2 amide bonds. The number of rotatable bonds is 6. The van der Waals surface area contributed by atoms with E-state index in [1.54, 1.807) is 4.90 Å². The average Bonchev–Trinajstić information content (AvgIpc) is 2.68. The first kappa shape index (κ1) is 19.4. The highest BCUT2D eigenvalue weighted by Crippen LogP contribution is 2.23. The van der Waals surface area contributed by atoms with Crippen LogP contribution in [0.25, 0.3) is 10.8 Å². The zero-order chi connectivity index (χ0) is 19.2. The second-order valence-corrected chi connectivity index (χ2v) is 7.51. The lowest BCUT2D eigenvalue weighted by atomic mass is 9.95. The summed E-state index contributed by atoms with van der Waals surface area (Å²) in [6.07, 6.45) is 5.74. The van der Waals surface area contributed by atoms with Crippen molar-refractivity contribution in [2.24, 2.45) is 0 Å². The first-order chi connectivity index (χ1) is 13.0. The summed E-state index contributed by atoms with van der Waals surface area (Å²) in [5.74, 6) is -0.117. The summed E-state index contributed by atoms with van der Waals surface area (Å²) < 4.78 is 0. The summed E-state index contributed by atoms with van der Waals surface area (Å²) in [6, 6.07) is 13.8. The van der Waals surface area contributed by atoms with E-state index in [1.807, 2.05) is 56.4 Å². The molecule has 5 nitrogen and oxygen atoms in total. The monoisotopic (exact) mass is 367 g/mol. The van der Waals surface area contributed by atoms with E-state index >= 15 is 0 Å². The van der Waals surface area contributed by atoms with Gasteiger partial charge in [-0.2, -0.15) is 0 Å². The molecule has 1 atom stereocenters. The minimum absolute atomic E-state index is 0.00219. The van der Waals surface area contributed by atoms with Crippen LogP contribution in [0.2, 0.25) is 0 Å². The maximum Gasteiger partial charge on any atom is 0.238 e. The fourth-order valence-electron chi connectivity index (χ4n) is 3.66. The van der Waals surface area contributed by atoms with Crippen LogP contribution in [0.3, 0.4) is 0 Å². The topological polar surface area (TPSA) is 61.4 Å². The number of hydrogen-bond acceptors (Lipinski definition) is 3. The molecule has 0 saturated heterocycles. The van der Waals surface area contributed by atoms with E-state index in [4.69, 9.17) is 0 Å². The summed E-state index contributed by atoms with van der Waals surface area (Å²) in [5.41, 5.74) is 0.797.